The number of piperidine rings is 1. The predicted octanol–water partition coefficient (Wildman–Crippen LogP) is 1.48. The minimum absolute atomic E-state index is 0.00216. The number of carboxylic acids is 1. The Hall–Kier alpha value is -1.77. The van der Waals surface area contributed by atoms with Gasteiger partial charge < -0.3 is 20.0 Å². The van der Waals surface area contributed by atoms with Crippen LogP contribution in [0.2, 0.25) is 0 Å². The normalized spacial score (nSPS) is 19.3. The van der Waals surface area contributed by atoms with Crippen LogP contribution in [-0.4, -0.2) is 66.9 Å². The Labute approximate surface area is 158 Å². The van der Waals surface area contributed by atoms with Gasteiger partial charge in [0.05, 0.1) is 6.54 Å². The molecule has 0 bridgehead atoms. The van der Waals surface area contributed by atoms with E-state index >= 15 is 0 Å². The lowest BCUT2D eigenvalue weighted by atomic mass is 9.98. The van der Waals surface area contributed by atoms with Gasteiger partial charge in [-0.1, -0.05) is 0 Å². The lowest BCUT2D eigenvalue weighted by Crippen LogP contribution is -2.43. The predicted molar refractivity (Wildman–Crippen MR) is 105 cm³/mol. The van der Waals surface area contributed by atoms with Crippen LogP contribution in [-0.2, 0) is 9.59 Å². The van der Waals surface area contributed by atoms with Crippen molar-refractivity contribution in [1.82, 2.24) is 10.2 Å². The molecule has 0 unspecified atom stereocenters. The first kappa shape index (κ1) is 19.0. The number of nitrogens with one attached hydrogen (secondary N) is 2. The number of nitrogens with zero attached hydrogens (tertiary/aromatic N) is 2. The number of carbonyl (C=O) groups excluding carboxylic acids is 1. The molecule has 0 aromatic heterocycles. The molecule has 2 aliphatic rings. The molecule has 0 aliphatic carbocycles. The smallest absolute Gasteiger partial charge is 0.317 e. The number of carboxylic acid groups (broad SMARTS) is 1. The molecule has 0 saturated carbocycles. The van der Waals surface area contributed by atoms with Gasteiger partial charge in [0, 0.05) is 55.4 Å². The number of aliphatic carboxylic acids is 1. The van der Waals surface area contributed by atoms with E-state index in [1.54, 1.807) is 0 Å². The van der Waals surface area contributed by atoms with E-state index in [4.69, 9.17) is 5.11 Å². The van der Waals surface area contributed by atoms with Crippen molar-refractivity contribution in [1.29, 1.82) is 0 Å². The number of hydrogen-bond acceptors (Lipinski definition) is 7. The van der Waals surface area contributed by atoms with E-state index in [2.05, 4.69) is 27.1 Å². The van der Waals surface area contributed by atoms with Crippen molar-refractivity contribution >= 4 is 34.4 Å². The fourth-order valence-corrected chi connectivity index (χ4v) is 4.13. The number of rotatable bonds is 6. The fourth-order valence-electron chi connectivity index (χ4n) is 3.37. The first-order valence-electron chi connectivity index (χ1n) is 9.08. The summed E-state index contributed by atoms with van der Waals surface area (Å²) < 4.78 is 3.14. The van der Waals surface area contributed by atoms with Gasteiger partial charge in [0.2, 0.25) is 5.12 Å². The number of anilines is 2. The Morgan fingerprint density at radius 3 is 2.38 bits per heavy atom. The summed E-state index contributed by atoms with van der Waals surface area (Å²) in [5.41, 5.74) is 2.13. The van der Waals surface area contributed by atoms with Crippen molar-refractivity contribution < 1.29 is 14.7 Å². The Morgan fingerprint density at radius 1 is 1.12 bits per heavy atom. The van der Waals surface area contributed by atoms with Crippen LogP contribution in [0, 0.1) is 5.92 Å². The molecule has 0 atom stereocenters. The highest BCUT2D eigenvalue weighted by atomic mass is 32.2. The SMILES string of the molecule is O=C(O)CN1CCC(C(=O)SNc2ccc(N3CCNCC3)cc2)CC1. The minimum atomic E-state index is -0.810. The molecule has 7 nitrogen and oxygen atoms in total. The molecule has 0 amide bonds. The summed E-state index contributed by atoms with van der Waals surface area (Å²) >= 11 is 1.15. The van der Waals surface area contributed by atoms with Crippen LogP contribution in [0.3, 0.4) is 0 Å². The Bertz CT molecular complexity index is 611. The van der Waals surface area contributed by atoms with E-state index in [9.17, 15) is 9.59 Å². The van der Waals surface area contributed by atoms with Crippen LogP contribution in [0.25, 0.3) is 0 Å². The highest BCUT2D eigenvalue weighted by molar-refractivity contribution is 8.14. The van der Waals surface area contributed by atoms with Gasteiger partial charge >= 0.3 is 5.97 Å². The molecular weight excluding hydrogens is 352 g/mol. The third kappa shape index (κ3) is 5.36. The van der Waals surface area contributed by atoms with Gasteiger partial charge in [-0.15, -0.1) is 0 Å². The first-order chi connectivity index (χ1) is 12.6. The molecule has 2 heterocycles. The molecule has 0 spiro atoms. The van der Waals surface area contributed by atoms with Crippen LogP contribution in [0.5, 0.6) is 0 Å². The molecule has 2 aliphatic heterocycles. The fraction of sp³-hybridized carbons (Fsp3) is 0.556. The maximum atomic E-state index is 12.4. The van der Waals surface area contributed by atoms with E-state index in [-0.39, 0.29) is 17.6 Å². The van der Waals surface area contributed by atoms with Crippen molar-refractivity contribution in [2.75, 3.05) is 55.4 Å². The second-order valence-electron chi connectivity index (χ2n) is 6.75. The lowest BCUT2D eigenvalue weighted by molar-refractivity contribution is -0.138. The van der Waals surface area contributed by atoms with Crippen LogP contribution >= 0.6 is 11.9 Å². The lowest BCUT2D eigenvalue weighted by Gasteiger charge is -2.30. The minimum Gasteiger partial charge on any atom is -0.480 e. The molecule has 8 heteroatoms. The van der Waals surface area contributed by atoms with E-state index < -0.39 is 5.97 Å². The molecule has 26 heavy (non-hydrogen) atoms. The molecule has 2 fully saturated rings. The summed E-state index contributed by atoms with van der Waals surface area (Å²) in [5, 5.41) is 12.3. The van der Waals surface area contributed by atoms with Crippen molar-refractivity contribution in [3.63, 3.8) is 0 Å². The van der Waals surface area contributed by atoms with Gasteiger partial charge in [0.25, 0.3) is 0 Å². The third-order valence-electron chi connectivity index (χ3n) is 4.90. The summed E-state index contributed by atoms with van der Waals surface area (Å²) in [6.45, 7) is 5.45. The van der Waals surface area contributed by atoms with Crippen molar-refractivity contribution in [2.45, 2.75) is 12.8 Å². The van der Waals surface area contributed by atoms with E-state index in [0.717, 1.165) is 56.7 Å². The van der Waals surface area contributed by atoms with Crippen molar-refractivity contribution in [3.8, 4) is 0 Å². The second-order valence-corrected chi connectivity index (χ2v) is 7.56. The zero-order chi connectivity index (χ0) is 18.4. The average Bonchev–Trinajstić information content (AvgIpc) is 2.67. The molecule has 0 radical (unpaired) electrons. The monoisotopic (exact) mass is 378 g/mol. The van der Waals surface area contributed by atoms with Crippen molar-refractivity contribution in [2.24, 2.45) is 5.92 Å². The molecule has 1 aromatic carbocycles. The van der Waals surface area contributed by atoms with Gasteiger partial charge in [-0.2, -0.15) is 0 Å². The summed E-state index contributed by atoms with van der Waals surface area (Å²) in [5.74, 6) is -0.812. The number of carbonyl (C=O) groups is 2. The third-order valence-corrected chi connectivity index (χ3v) is 5.77. The maximum absolute atomic E-state index is 12.4. The van der Waals surface area contributed by atoms with Gasteiger partial charge in [0.1, 0.15) is 0 Å². The summed E-state index contributed by atoms with van der Waals surface area (Å²) in [6.07, 6.45) is 1.45. The van der Waals surface area contributed by atoms with Gasteiger partial charge in [-0.05, 0) is 50.2 Å². The summed E-state index contributed by atoms with van der Waals surface area (Å²) in [4.78, 5) is 27.3. The maximum Gasteiger partial charge on any atom is 0.317 e. The zero-order valence-electron chi connectivity index (χ0n) is 14.8. The van der Waals surface area contributed by atoms with Crippen LogP contribution in [0.4, 0.5) is 11.4 Å². The molecule has 3 N–H and O–H groups in total. The van der Waals surface area contributed by atoms with Crippen LogP contribution in [0.1, 0.15) is 12.8 Å². The zero-order valence-corrected chi connectivity index (χ0v) is 15.6. The van der Waals surface area contributed by atoms with Gasteiger partial charge in [-0.25, -0.2) is 0 Å². The van der Waals surface area contributed by atoms with E-state index in [1.807, 2.05) is 17.0 Å². The number of hydrogen-bond donors (Lipinski definition) is 3. The quantitative estimate of drug-likeness (QED) is 0.642. The Kier molecular flexibility index (Phi) is 6.76. The average molecular weight is 378 g/mol. The Morgan fingerprint density at radius 2 is 1.77 bits per heavy atom. The topological polar surface area (TPSA) is 84.9 Å². The first-order valence-corrected chi connectivity index (χ1v) is 9.90. The molecule has 3 rings (SSSR count). The number of piperazine rings is 1. The number of benzene rings is 1. The highest BCUT2D eigenvalue weighted by Crippen LogP contribution is 2.25. The summed E-state index contributed by atoms with van der Waals surface area (Å²) in [6, 6.07) is 8.19. The molecular formula is C18H26N4O3S. The molecule has 2 saturated heterocycles. The van der Waals surface area contributed by atoms with Crippen molar-refractivity contribution in [3.05, 3.63) is 24.3 Å². The van der Waals surface area contributed by atoms with E-state index in [0.29, 0.717) is 13.1 Å². The Balaban J connectivity index is 1.42. The van der Waals surface area contributed by atoms with Gasteiger partial charge in [0.15, 0.2) is 0 Å². The molecule has 1 aromatic rings. The van der Waals surface area contributed by atoms with E-state index in [1.165, 1.54) is 5.69 Å². The largest absolute Gasteiger partial charge is 0.480 e. The van der Waals surface area contributed by atoms with Crippen LogP contribution in [0.15, 0.2) is 24.3 Å². The number of likely N-dealkylation sites (tertiary alicyclic amines) is 1. The highest BCUT2D eigenvalue weighted by Gasteiger charge is 2.26. The molecule has 142 valence electrons. The standard InChI is InChI=1S/C18H26N4O3S/c23-17(24)13-21-9-5-14(6-10-21)18(25)26-20-15-1-3-16(4-2-15)22-11-7-19-8-12-22/h1-4,14,19-20H,5-13H2,(H,23,24). The summed E-state index contributed by atoms with van der Waals surface area (Å²) in [7, 11) is 0. The van der Waals surface area contributed by atoms with Crippen LogP contribution < -0.4 is 14.9 Å². The second kappa shape index (κ2) is 9.25. The van der Waals surface area contributed by atoms with Gasteiger partial charge in [-0.3, -0.25) is 14.5 Å².